The smallest absolute Gasteiger partial charge is 0.146 e. The average Bonchev–Trinajstić information content (AvgIpc) is 3.25. The van der Waals surface area contributed by atoms with Crippen molar-refractivity contribution in [3.8, 4) is 11.5 Å². The van der Waals surface area contributed by atoms with Crippen molar-refractivity contribution in [1.82, 2.24) is 5.32 Å². The summed E-state index contributed by atoms with van der Waals surface area (Å²) in [4.78, 5) is 0. The van der Waals surface area contributed by atoms with E-state index >= 15 is 0 Å². The number of hydrogen-bond acceptors (Lipinski definition) is 2. The Bertz CT molecular complexity index is 653. The molecule has 1 saturated carbocycles. The van der Waals surface area contributed by atoms with Crippen LogP contribution in [0.25, 0.3) is 0 Å². The van der Waals surface area contributed by atoms with Crippen molar-refractivity contribution in [3.05, 3.63) is 57.6 Å². The van der Waals surface area contributed by atoms with Gasteiger partial charge in [0, 0.05) is 23.2 Å². The number of halogens is 2. The lowest BCUT2D eigenvalue weighted by atomic mass is 10.2. The Hall–Kier alpha value is -1.22. The number of aryl methyl sites for hydroxylation is 1. The molecule has 1 N–H and O–H groups in total. The van der Waals surface area contributed by atoms with Crippen LogP contribution in [0.2, 0.25) is 10.0 Å². The van der Waals surface area contributed by atoms with Crippen molar-refractivity contribution >= 4 is 23.2 Å². The van der Waals surface area contributed by atoms with Crippen molar-refractivity contribution in [3.63, 3.8) is 0 Å². The predicted molar refractivity (Wildman–Crippen MR) is 87.6 cm³/mol. The van der Waals surface area contributed by atoms with Crippen LogP contribution in [0.1, 0.15) is 24.0 Å². The fourth-order valence-corrected chi connectivity index (χ4v) is 2.55. The van der Waals surface area contributed by atoms with Crippen molar-refractivity contribution < 1.29 is 4.74 Å². The van der Waals surface area contributed by atoms with Gasteiger partial charge in [-0.2, -0.15) is 0 Å². The first kappa shape index (κ1) is 14.7. The van der Waals surface area contributed by atoms with Crippen LogP contribution in [0, 0.1) is 6.92 Å². The van der Waals surface area contributed by atoms with Crippen molar-refractivity contribution in [2.24, 2.45) is 0 Å². The van der Waals surface area contributed by atoms with Gasteiger partial charge in [-0.15, -0.1) is 0 Å². The van der Waals surface area contributed by atoms with Crippen LogP contribution >= 0.6 is 23.2 Å². The molecule has 0 aliphatic heterocycles. The predicted octanol–water partition coefficient (Wildman–Crippen LogP) is 5.35. The highest BCUT2D eigenvalue weighted by molar-refractivity contribution is 6.32. The first-order valence-corrected chi connectivity index (χ1v) is 7.83. The van der Waals surface area contributed by atoms with Gasteiger partial charge in [-0.25, -0.2) is 0 Å². The van der Waals surface area contributed by atoms with E-state index in [2.05, 4.69) is 5.32 Å². The normalized spacial score (nSPS) is 14.2. The van der Waals surface area contributed by atoms with Crippen LogP contribution in [-0.2, 0) is 6.54 Å². The zero-order valence-corrected chi connectivity index (χ0v) is 13.3. The molecule has 0 radical (unpaired) electrons. The van der Waals surface area contributed by atoms with E-state index in [9.17, 15) is 0 Å². The Labute approximate surface area is 135 Å². The maximum absolute atomic E-state index is 6.24. The summed E-state index contributed by atoms with van der Waals surface area (Å²) in [6, 6.07) is 12.1. The summed E-state index contributed by atoms with van der Waals surface area (Å²) in [6.07, 6.45) is 2.52. The Balaban J connectivity index is 1.83. The van der Waals surface area contributed by atoms with Gasteiger partial charge in [-0.05, 0) is 49.6 Å². The Morgan fingerprint density at radius 2 is 1.90 bits per heavy atom. The summed E-state index contributed by atoms with van der Waals surface area (Å²) >= 11 is 12.3. The van der Waals surface area contributed by atoms with Gasteiger partial charge in [0.25, 0.3) is 0 Å². The molecule has 0 aromatic heterocycles. The maximum Gasteiger partial charge on any atom is 0.146 e. The molecule has 0 atom stereocenters. The van der Waals surface area contributed by atoms with Crippen LogP contribution in [-0.4, -0.2) is 6.04 Å². The van der Waals surface area contributed by atoms with Gasteiger partial charge in [0.05, 0.1) is 5.02 Å². The highest BCUT2D eigenvalue weighted by Crippen LogP contribution is 2.33. The lowest BCUT2D eigenvalue weighted by Gasteiger charge is -2.13. The minimum absolute atomic E-state index is 0.607. The van der Waals surface area contributed by atoms with Gasteiger partial charge < -0.3 is 10.1 Å². The first-order chi connectivity index (χ1) is 10.1. The molecule has 1 aliphatic carbocycles. The second-order valence-electron chi connectivity index (χ2n) is 5.44. The molecule has 4 heteroatoms. The van der Waals surface area contributed by atoms with Crippen LogP contribution in [0.3, 0.4) is 0 Å². The number of nitrogens with one attached hydrogen (secondary N) is 1. The van der Waals surface area contributed by atoms with Gasteiger partial charge in [-0.3, -0.25) is 0 Å². The van der Waals surface area contributed by atoms with Crippen molar-refractivity contribution in [1.29, 1.82) is 0 Å². The molecule has 0 amide bonds. The Morgan fingerprint density at radius 1 is 1.10 bits per heavy atom. The van der Waals surface area contributed by atoms with Gasteiger partial charge in [0.15, 0.2) is 0 Å². The fourth-order valence-electron chi connectivity index (χ4n) is 2.12. The molecule has 2 aromatic carbocycles. The molecular weight excluding hydrogens is 305 g/mol. The third-order valence-electron chi connectivity index (χ3n) is 3.50. The summed E-state index contributed by atoms with van der Waals surface area (Å²) in [5.41, 5.74) is 2.19. The third-order valence-corrected chi connectivity index (χ3v) is 4.03. The molecule has 2 aromatic rings. The van der Waals surface area contributed by atoms with Gasteiger partial charge >= 0.3 is 0 Å². The quantitative estimate of drug-likeness (QED) is 0.801. The largest absolute Gasteiger partial charge is 0.455 e. The maximum atomic E-state index is 6.24. The molecule has 0 heterocycles. The highest BCUT2D eigenvalue weighted by atomic mass is 35.5. The SMILES string of the molecule is Cc1ccc(Oc2cc(Cl)ccc2CNC2CC2)c(Cl)c1. The van der Waals surface area contributed by atoms with E-state index in [0.29, 0.717) is 21.8 Å². The molecular formula is C17H17Cl2NO. The van der Waals surface area contributed by atoms with Crippen LogP contribution in [0.4, 0.5) is 0 Å². The molecule has 0 spiro atoms. The summed E-state index contributed by atoms with van der Waals surface area (Å²) in [7, 11) is 0. The molecule has 0 bridgehead atoms. The average molecular weight is 322 g/mol. The third kappa shape index (κ3) is 3.91. The molecule has 1 aliphatic rings. The van der Waals surface area contributed by atoms with Gasteiger partial charge in [0.1, 0.15) is 11.5 Å². The minimum Gasteiger partial charge on any atom is -0.455 e. The summed E-state index contributed by atoms with van der Waals surface area (Å²) in [6.45, 7) is 2.78. The summed E-state index contributed by atoms with van der Waals surface area (Å²) in [5, 5.41) is 4.75. The lowest BCUT2D eigenvalue weighted by molar-refractivity contribution is 0.472. The number of benzene rings is 2. The standard InChI is InChI=1S/C17H17Cl2NO/c1-11-2-7-16(15(19)8-11)21-17-9-13(18)4-3-12(17)10-20-14-5-6-14/h2-4,7-9,14,20H,5-6,10H2,1H3. The highest BCUT2D eigenvalue weighted by Gasteiger charge is 2.20. The fraction of sp³-hybridized carbons (Fsp3) is 0.294. The molecule has 1 fully saturated rings. The Morgan fingerprint density at radius 3 is 2.62 bits per heavy atom. The molecule has 3 rings (SSSR count). The zero-order chi connectivity index (χ0) is 14.8. The van der Waals surface area contributed by atoms with Crippen LogP contribution in [0.15, 0.2) is 36.4 Å². The van der Waals surface area contributed by atoms with E-state index in [4.69, 9.17) is 27.9 Å². The van der Waals surface area contributed by atoms with Crippen LogP contribution < -0.4 is 10.1 Å². The number of rotatable bonds is 5. The van der Waals surface area contributed by atoms with E-state index in [1.165, 1.54) is 12.8 Å². The molecule has 0 saturated heterocycles. The van der Waals surface area contributed by atoms with Crippen molar-refractivity contribution in [2.75, 3.05) is 0 Å². The topological polar surface area (TPSA) is 21.3 Å². The number of hydrogen-bond donors (Lipinski definition) is 1. The second kappa shape index (κ2) is 6.27. The van der Waals surface area contributed by atoms with E-state index in [-0.39, 0.29) is 0 Å². The zero-order valence-electron chi connectivity index (χ0n) is 11.8. The summed E-state index contributed by atoms with van der Waals surface area (Å²) < 4.78 is 5.97. The molecule has 21 heavy (non-hydrogen) atoms. The monoisotopic (exact) mass is 321 g/mol. The number of ether oxygens (including phenoxy) is 1. The molecule has 0 unspecified atom stereocenters. The van der Waals surface area contributed by atoms with Crippen molar-refractivity contribution in [2.45, 2.75) is 32.4 Å². The van der Waals surface area contributed by atoms with E-state index in [1.54, 1.807) is 0 Å². The van der Waals surface area contributed by atoms with Gasteiger partial charge in [0.2, 0.25) is 0 Å². The van der Waals surface area contributed by atoms with Gasteiger partial charge in [-0.1, -0.05) is 35.3 Å². The first-order valence-electron chi connectivity index (χ1n) is 7.07. The lowest BCUT2D eigenvalue weighted by Crippen LogP contribution is -2.15. The summed E-state index contributed by atoms with van der Waals surface area (Å²) in [5.74, 6) is 1.40. The van der Waals surface area contributed by atoms with Crippen LogP contribution in [0.5, 0.6) is 11.5 Å². The Kier molecular flexibility index (Phi) is 4.39. The van der Waals surface area contributed by atoms with E-state index in [1.807, 2.05) is 43.3 Å². The molecule has 110 valence electrons. The minimum atomic E-state index is 0.607. The molecule has 2 nitrogen and oxygen atoms in total. The second-order valence-corrected chi connectivity index (χ2v) is 6.29. The van der Waals surface area contributed by atoms with E-state index < -0.39 is 0 Å². The van der Waals surface area contributed by atoms with E-state index in [0.717, 1.165) is 23.4 Å².